The first-order valence-corrected chi connectivity index (χ1v) is 6.28. The molecule has 0 radical (unpaired) electrons. The van der Waals surface area contributed by atoms with Crippen LogP contribution < -0.4 is 10.1 Å². The van der Waals surface area contributed by atoms with Crippen molar-refractivity contribution < 1.29 is 9.84 Å². The summed E-state index contributed by atoms with van der Waals surface area (Å²) in [6.45, 7) is 4.74. The van der Waals surface area contributed by atoms with Crippen LogP contribution in [0.1, 0.15) is 16.7 Å². The molecule has 0 fully saturated rings. The predicted molar refractivity (Wildman–Crippen MR) is 77.9 cm³/mol. The summed E-state index contributed by atoms with van der Waals surface area (Å²) in [4.78, 5) is 0. The first-order valence-electron chi connectivity index (χ1n) is 6.28. The fourth-order valence-electron chi connectivity index (χ4n) is 1.92. The second-order valence-corrected chi connectivity index (χ2v) is 4.62. The monoisotopic (exact) mass is 257 g/mol. The third kappa shape index (κ3) is 2.99. The van der Waals surface area contributed by atoms with E-state index >= 15 is 0 Å². The predicted octanol–water partition coefficient (Wildman–Crippen LogP) is 3.63. The van der Waals surface area contributed by atoms with E-state index < -0.39 is 0 Å². The molecule has 100 valence electrons. The van der Waals surface area contributed by atoms with Crippen molar-refractivity contribution in [1.29, 1.82) is 0 Å². The minimum absolute atomic E-state index is 0.196. The van der Waals surface area contributed by atoms with E-state index in [2.05, 4.69) is 31.3 Å². The number of aromatic hydroxyl groups is 1. The minimum atomic E-state index is 0.196. The highest BCUT2D eigenvalue weighted by Gasteiger charge is 2.06. The number of hydrogen-bond acceptors (Lipinski definition) is 3. The molecule has 3 nitrogen and oxygen atoms in total. The lowest BCUT2D eigenvalue weighted by Crippen LogP contribution is -2.01. The molecule has 0 amide bonds. The van der Waals surface area contributed by atoms with E-state index in [1.54, 1.807) is 13.2 Å². The fourth-order valence-corrected chi connectivity index (χ4v) is 1.92. The molecule has 3 heteroatoms. The zero-order chi connectivity index (χ0) is 13.8. The summed E-state index contributed by atoms with van der Waals surface area (Å²) in [5.74, 6) is 0.695. The van der Waals surface area contributed by atoms with Crippen molar-refractivity contribution in [3.05, 3.63) is 53.1 Å². The summed E-state index contributed by atoms with van der Waals surface area (Å²) in [5, 5.41) is 13.3. The summed E-state index contributed by atoms with van der Waals surface area (Å²) < 4.78 is 5.09. The SMILES string of the molecule is COc1cccc(CNc2ccc(C)c(C)c2)c1O. The Hall–Kier alpha value is -2.16. The molecule has 0 spiro atoms. The molecule has 0 saturated heterocycles. The van der Waals surface area contributed by atoms with Crippen molar-refractivity contribution in [2.24, 2.45) is 0 Å². The average molecular weight is 257 g/mol. The van der Waals surface area contributed by atoms with Gasteiger partial charge >= 0.3 is 0 Å². The van der Waals surface area contributed by atoms with Gasteiger partial charge in [0.05, 0.1) is 7.11 Å². The van der Waals surface area contributed by atoms with E-state index in [1.807, 2.05) is 18.2 Å². The Morgan fingerprint density at radius 3 is 2.58 bits per heavy atom. The standard InChI is InChI=1S/C16H19NO2/c1-11-7-8-14(9-12(11)2)17-10-13-5-4-6-15(19-3)16(13)18/h4-9,17-18H,10H2,1-3H3. The van der Waals surface area contributed by atoms with Crippen molar-refractivity contribution in [2.75, 3.05) is 12.4 Å². The van der Waals surface area contributed by atoms with Gasteiger partial charge in [-0.15, -0.1) is 0 Å². The number of phenolic OH excluding ortho intramolecular Hbond substituents is 1. The number of benzene rings is 2. The van der Waals surface area contributed by atoms with E-state index in [0.717, 1.165) is 11.3 Å². The van der Waals surface area contributed by atoms with Gasteiger partial charge in [-0.3, -0.25) is 0 Å². The molecule has 2 aromatic rings. The highest BCUT2D eigenvalue weighted by atomic mass is 16.5. The van der Waals surface area contributed by atoms with Crippen LogP contribution in [0.25, 0.3) is 0 Å². The van der Waals surface area contributed by atoms with Crippen LogP contribution >= 0.6 is 0 Å². The third-order valence-corrected chi connectivity index (χ3v) is 3.29. The topological polar surface area (TPSA) is 41.5 Å². The van der Waals surface area contributed by atoms with Gasteiger partial charge < -0.3 is 15.2 Å². The van der Waals surface area contributed by atoms with Gasteiger partial charge in [-0.25, -0.2) is 0 Å². The Morgan fingerprint density at radius 1 is 1.11 bits per heavy atom. The summed E-state index contributed by atoms with van der Waals surface area (Å²) in [6.07, 6.45) is 0. The average Bonchev–Trinajstić information content (AvgIpc) is 2.41. The Morgan fingerprint density at radius 2 is 1.89 bits per heavy atom. The molecule has 0 bridgehead atoms. The van der Waals surface area contributed by atoms with E-state index in [-0.39, 0.29) is 5.75 Å². The summed E-state index contributed by atoms with van der Waals surface area (Å²) in [6, 6.07) is 11.7. The first-order chi connectivity index (χ1) is 9.11. The Labute approximate surface area is 113 Å². The molecular formula is C16H19NO2. The number of para-hydroxylation sites is 1. The molecule has 19 heavy (non-hydrogen) atoms. The number of phenols is 1. The zero-order valence-electron chi connectivity index (χ0n) is 11.5. The Balaban J connectivity index is 2.12. The van der Waals surface area contributed by atoms with Gasteiger partial charge in [0.25, 0.3) is 0 Å². The van der Waals surface area contributed by atoms with Crippen LogP contribution in [0.4, 0.5) is 5.69 Å². The lowest BCUT2D eigenvalue weighted by molar-refractivity contribution is 0.371. The van der Waals surface area contributed by atoms with Crippen LogP contribution in [0.3, 0.4) is 0 Å². The molecule has 2 rings (SSSR count). The lowest BCUT2D eigenvalue weighted by Gasteiger charge is -2.11. The van der Waals surface area contributed by atoms with Gasteiger partial charge in [0.15, 0.2) is 11.5 Å². The number of anilines is 1. The lowest BCUT2D eigenvalue weighted by atomic mass is 10.1. The largest absolute Gasteiger partial charge is 0.504 e. The van der Waals surface area contributed by atoms with Crippen molar-refractivity contribution >= 4 is 5.69 Å². The Bertz CT molecular complexity index is 579. The molecule has 0 aliphatic heterocycles. The highest BCUT2D eigenvalue weighted by Crippen LogP contribution is 2.29. The second-order valence-electron chi connectivity index (χ2n) is 4.62. The number of ether oxygens (including phenoxy) is 1. The summed E-state index contributed by atoms with van der Waals surface area (Å²) in [5.41, 5.74) is 4.39. The van der Waals surface area contributed by atoms with Gasteiger partial charge in [-0.2, -0.15) is 0 Å². The van der Waals surface area contributed by atoms with Crippen molar-refractivity contribution in [1.82, 2.24) is 0 Å². The molecule has 0 atom stereocenters. The number of nitrogens with one attached hydrogen (secondary N) is 1. The van der Waals surface area contributed by atoms with Crippen molar-refractivity contribution in [2.45, 2.75) is 20.4 Å². The molecule has 2 aromatic carbocycles. The minimum Gasteiger partial charge on any atom is -0.504 e. The van der Waals surface area contributed by atoms with Gasteiger partial charge in [-0.05, 0) is 43.2 Å². The van der Waals surface area contributed by atoms with Gasteiger partial charge in [-0.1, -0.05) is 18.2 Å². The second kappa shape index (κ2) is 5.65. The quantitative estimate of drug-likeness (QED) is 0.878. The third-order valence-electron chi connectivity index (χ3n) is 3.29. The van der Waals surface area contributed by atoms with Crippen molar-refractivity contribution in [3.8, 4) is 11.5 Å². The smallest absolute Gasteiger partial charge is 0.162 e. The molecule has 0 aliphatic carbocycles. The zero-order valence-corrected chi connectivity index (χ0v) is 11.5. The number of methoxy groups -OCH3 is 1. The van der Waals surface area contributed by atoms with E-state index in [1.165, 1.54) is 11.1 Å². The highest BCUT2D eigenvalue weighted by molar-refractivity contribution is 5.51. The maximum atomic E-state index is 10.0. The van der Waals surface area contributed by atoms with Crippen LogP contribution in [-0.4, -0.2) is 12.2 Å². The molecule has 0 saturated carbocycles. The maximum Gasteiger partial charge on any atom is 0.162 e. The molecule has 0 unspecified atom stereocenters. The molecular weight excluding hydrogens is 238 g/mol. The normalized spacial score (nSPS) is 10.3. The van der Waals surface area contributed by atoms with Gasteiger partial charge in [0.2, 0.25) is 0 Å². The van der Waals surface area contributed by atoms with Gasteiger partial charge in [0.1, 0.15) is 0 Å². The number of hydrogen-bond donors (Lipinski definition) is 2. The van der Waals surface area contributed by atoms with Crippen LogP contribution in [-0.2, 0) is 6.54 Å². The number of aryl methyl sites for hydroxylation is 2. The van der Waals surface area contributed by atoms with Crippen LogP contribution in [0.15, 0.2) is 36.4 Å². The molecule has 0 aliphatic rings. The van der Waals surface area contributed by atoms with Crippen LogP contribution in [0.5, 0.6) is 11.5 Å². The summed E-state index contributed by atoms with van der Waals surface area (Å²) >= 11 is 0. The molecule has 0 aromatic heterocycles. The summed E-state index contributed by atoms with van der Waals surface area (Å²) in [7, 11) is 1.55. The number of rotatable bonds is 4. The Kier molecular flexibility index (Phi) is 3.95. The van der Waals surface area contributed by atoms with Gasteiger partial charge in [0, 0.05) is 17.8 Å². The van der Waals surface area contributed by atoms with E-state index in [9.17, 15) is 5.11 Å². The van der Waals surface area contributed by atoms with Crippen LogP contribution in [0, 0.1) is 13.8 Å². The molecule has 0 heterocycles. The van der Waals surface area contributed by atoms with Crippen LogP contribution in [0.2, 0.25) is 0 Å². The molecule has 2 N–H and O–H groups in total. The van der Waals surface area contributed by atoms with Crippen molar-refractivity contribution in [3.63, 3.8) is 0 Å². The van der Waals surface area contributed by atoms with E-state index in [4.69, 9.17) is 4.74 Å². The maximum absolute atomic E-state index is 10.0. The fraction of sp³-hybridized carbons (Fsp3) is 0.250. The van der Waals surface area contributed by atoms with E-state index in [0.29, 0.717) is 12.3 Å². The first kappa shape index (κ1) is 13.3.